The Kier molecular flexibility index (Phi) is 5.87. The summed E-state index contributed by atoms with van der Waals surface area (Å²) in [6, 6.07) is 43.8. The lowest BCUT2D eigenvalue weighted by atomic mass is 9.78. The summed E-state index contributed by atoms with van der Waals surface area (Å²) < 4.78 is 15.2. The van der Waals surface area contributed by atoms with Crippen LogP contribution < -0.4 is 0 Å². The van der Waals surface area contributed by atoms with E-state index in [1.807, 2.05) is 6.07 Å². The quantitative estimate of drug-likeness (QED) is 0.198. The molecule has 0 saturated heterocycles. The molecule has 3 nitrogen and oxygen atoms in total. The summed E-state index contributed by atoms with van der Waals surface area (Å²) in [4.78, 5) is 0. The van der Waals surface area contributed by atoms with Crippen LogP contribution in [0.4, 0.5) is 0 Å². The van der Waals surface area contributed by atoms with Crippen molar-refractivity contribution >= 4 is 65.7 Å². The van der Waals surface area contributed by atoms with Crippen molar-refractivity contribution in [3.63, 3.8) is 0 Å². The first-order chi connectivity index (χ1) is 22.7. The largest absolute Gasteiger partial charge is 0.456 e. The predicted octanol–water partition coefficient (Wildman–Crippen LogP) is 12.4. The van der Waals surface area contributed by atoms with E-state index in [1.165, 1.54) is 49.3 Å². The molecule has 0 spiro atoms. The Morgan fingerprint density at radius 3 is 2.02 bits per heavy atom. The van der Waals surface area contributed by atoms with Gasteiger partial charge in [0.15, 0.2) is 0 Å². The second-order valence-corrected chi connectivity index (χ2v) is 14.8. The average Bonchev–Trinajstić information content (AvgIpc) is 3.73. The first kappa shape index (κ1) is 28.0. The van der Waals surface area contributed by atoms with E-state index in [-0.39, 0.29) is 10.8 Å². The van der Waals surface area contributed by atoms with Gasteiger partial charge in [-0.1, -0.05) is 101 Å². The predicted molar refractivity (Wildman–Crippen MR) is 197 cm³/mol. The minimum absolute atomic E-state index is 0.0802. The molecule has 3 heteroatoms. The maximum Gasteiger partial charge on any atom is 0.139 e. The zero-order chi connectivity index (χ0) is 32.1. The molecule has 0 aliphatic rings. The molecule has 0 atom stereocenters. The van der Waals surface area contributed by atoms with Crippen LogP contribution in [-0.2, 0) is 17.3 Å². The smallest absolute Gasteiger partial charge is 0.139 e. The van der Waals surface area contributed by atoms with Gasteiger partial charge in [0.05, 0.1) is 11.0 Å². The van der Waals surface area contributed by atoms with E-state index in [9.17, 15) is 0 Å². The van der Waals surface area contributed by atoms with Crippen molar-refractivity contribution in [1.82, 2.24) is 4.57 Å². The molecular formula is C44H37NO2. The first-order valence-electron chi connectivity index (χ1n) is 16.6. The Balaban J connectivity index is 1.16. The van der Waals surface area contributed by atoms with Gasteiger partial charge in [-0.2, -0.15) is 0 Å². The van der Waals surface area contributed by atoms with E-state index in [0.717, 1.165) is 45.2 Å². The van der Waals surface area contributed by atoms with Crippen molar-refractivity contribution in [2.24, 2.45) is 0 Å². The average molecular weight is 612 g/mol. The maximum absolute atomic E-state index is 6.44. The molecule has 230 valence electrons. The number of nitrogens with zero attached hydrogens (tertiary/aromatic N) is 1. The highest BCUT2D eigenvalue weighted by atomic mass is 16.3. The molecule has 3 aromatic heterocycles. The third-order valence-corrected chi connectivity index (χ3v) is 10.1. The van der Waals surface area contributed by atoms with Gasteiger partial charge >= 0.3 is 0 Å². The van der Waals surface area contributed by atoms with E-state index in [2.05, 4.69) is 154 Å². The first-order valence-corrected chi connectivity index (χ1v) is 16.6. The van der Waals surface area contributed by atoms with Gasteiger partial charge in [-0.3, -0.25) is 0 Å². The summed E-state index contributed by atoms with van der Waals surface area (Å²) in [6.07, 6.45) is 0.869. The minimum Gasteiger partial charge on any atom is -0.456 e. The highest BCUT2D eigenvalue weighted by Gasteiger charge is 2.26. The second-order valence-electron chi connectivity index (χ2n) is 14.8. The van der Waals surface area contributed by atoms with Crippen LogP contribution in [0.25, 0.3) is 71.4 Å². The molecular weight excluding hydrogens is 574 g/mol. The number of fused-ring (bicyclic) bond motifs is 9. The molecule has 47 heavy (non-hydrogen) atoms. The van der Waals surface area contributed by atoms with Crippen LogP contribution in [0.3, 0.4) is 0 Å². The van der Waals surface area contributed by atoms with Gasteiger partial charge in [-0.25, -0.2) is 0 Å². The lowest BCUT2D eigenvalue weighted by Crippen LogP contribution is -2.20. The Morgan fingerprint density at radius 1 is 0.511 bits per heavy atom. The topological polar surface area (TPSA) is 31.2 Å². The normalized spacial score (nSPS) is 12.9. The van der Waals surface area contributed by atoms with Crippen molar-refractivity contribution in [3.8, 4) is 5.69 Å². The van der Waals surface area contributed by atoms with Crippen molar-refractivity contribution in [3.05, 3.63) is 138 Å². The Morgan fingerprint density at radius 2 is 1.19 bits per heavy atom. The lowest BCUT2D eigenvalue weighted by molar-refractivity contribution is 0.515. The van der Waals surface area contributed by atoms with Gasteiger partial charge in [0.25, 0.3) is 0 Å². The van der Waals surface area contributed by atoms with Crippen LogP contribution in [0, 0.1) is 0 Å². The van der Waals surface area contributed by atoms with Gasteiger partial charge in [-0.05, 0) is 83.0 Å². The molecule has 9 aromatic rings. The fraction of sp³-hybridized carbons (Fsp3) is 0.182. The molecule has 0 radical (unpaired) electrons. The third kappa shape index (κ3) is 4.33. The van der Waals surface area contributed by atoms with Gasteiger partial charge in [-0.15, -0.1) is 0 Å². The molecule has 0 aliphatic heterocycles. The van der Waals surface area contributed by atoms with E-state index < -0.39 is 0 Å². The number of hydrogen-bond donors (Lipinski definition) is 0. The number of furan rings is 2. The molecule has 0 saturated carbocycles. The highest BCUT2D eigenvalue weighted by Crippen LogP contribution is 2.40. The molecule has 0 N–H and O–H groups in total. The third-order valence-electron chi connectivity index (χ3n) is 10.1. The van der Waals surface area contributed by atoms with Crippen LogP contribution in [-0.4, -0.2) is 4.57 Å². The monoisotopic (exact) mass is 611 g/mol. The zero-order valence-electron chi connectivity index (χ0n) is 27.5. The van der Waals surface area contributed by atoms with Gasteiger partial charge in [0.1, 0.15) is 22.3 Å². The maximum atomic E-state index is 6.44. The summed E-state index contributed by atoms with van der Waals surface area (Å²) in [5.41, 5.74) is 11.1. The summed E-state index contributed by atoms with van der Waals surface area (Å²) in [6.45, 7) is 11.5. The van der Waals surface area contributed by atoms with Crippen molar-refractivity contribution in [2.45, 2.75) is 51.9 Å². The number of aromatic nitrogens is 1. The molecule has 0 bridgehead atoms. The SMILES string of the molecule is CC(C)(C)c1ccc2c(c1)c1ccccc1n2-c1ccc2oc3ccc(CC(C)(C)c4cccc5c4oc4ccccc45)cc3c2c1. The number of para-hydroxylation sites is 3. The van der Waals surface area contributed by atoms with Crippen molar-refractivity contribution < 1.29 is 8.83 Å². The van der Waals surface area contributed by atoms with Crippen LogP contribution >= 0.6 is 0 Å². The number of benzene rings is 6. The van der Waals surface area contributed by atoms with E-state index >= 15 is 0 Å². The number of hydrogen-bond acceptors (Lipinski definition) is 2. The van der Waals surface area contributed by atoms with Gasteiger partial charge in [0, 0.05) is 43.6 Å². The molecule has 0 amide bonds. The van der Waals surface area contributed by atoms with E-state index in [0.29, 0.717) is 0 Å². The fourth-order valence-corrected chi connectivity index (χ4v) is 7.66. The molecule has 6 aromatic carbocycles. The van der Waals surface area contributed by atoms with Crippen molar-refractivity contribution in [1.29, 1.82) is 0 Å². The molecule has 0 unspecified atom stereocenters. The fourth-order valence-electron chi connectivity index (χ4n) is 7.66. The molecule has 9 rings (SSSR count). The number of rotatable bonds is 4. The van der Waals surface area contributed by atoms with E-state index in [4.69, 9.17) is 8.83 Å². The molecule has 0 aliphatic carbocycles. The van der Waals surface area contributed by atoms with Gasteiger partial charge < -0.3 is 13.4 Å². The van der Waals surface area contributed by atoms with Crippen LogP contribution in [0.5, 0.6) is 0 Å². The Labute approximate surface area is 274 Å². The van der Waals surface area contributed by atoms with Crippen LogP contribution in [0.2, 0.25) is 0 Å². The Hall–Kier alpha value is -5.28. The lowest BCUT2D eigenvalue weighted by Gasteiger charge is -2.25. The summed E-state index contributed by atoms with van der Waals surface area (Å²) in [5, 5.41) is 7.18. The summed E-state index contributed by atoms with van der Waals surface area (Å²) in [5.74, 6) is 0. The van der Waals surface area contributed by atoms with Crippen molar-refractivity contribution in [2.75, 3.05) is 0 Å². The zero-order valence-corrected chi connectivity index (χ0v) is 27.5. The minimum atomic E-state index is -0.152. The van der Waals surface area contributed by atoms with Crippen LogP contribution in [0.1, 0.15) is 51.3 Å². The molecule has 0 fully saturated rings. The standard InChI is InChI=1S/C44H37NO2/c1-43(2,3)28-18-20-38-33(24-28)30-11-6-8-15-37(30)45(38)29-19-22-41-35(25-29)34-23-27(17-21-40(34)46-41)26-44(4,5)36-14-10-13-32-31-12-7-9-16-39(31)47-42(32)36/h6-25H,26H2,1-5H3. The molecule has 3 heterocycles. The summed E-state index contributed by atoms with van der Waals surface area (Å²) in [7, 11) is 0. The summed E-state index contributed by atoms with van der Waals surface area (Å²) >= 11 is 0. The second kappa shape index (κ2) is 9.86. The van der Waals surface area contributed by atoms with Gasteiger partial charge in [0.2, 0.25) is 0 Å². The highest BCUT2D eigenvalue weighted by molar-refractivity contribution is 6.11. The van der Waals surface area contributed by atoms with E-state index in [1.54, 1.807) is 0 Å². The Bertz CT molecular complexity index is 2670. The van der Waals surface area contributed by atoms with Crippen LogP contribution in [0.15, 0.2) is 130 Å².